The van der Waals surface area contributed by atoms with Crippen molar-refractivity contribution in [2.75, 3.05) is 33.8 Å². The van der Waals surface area contributed by atoms with Crippen molar-refractivity contribution in [3.05, 3.63) is 65.2 Å². The summed E-state index contributed by atoms with van der Waals surface area (Å²) < 4.78 is 5.69. The molecule has 0 radical (unpaired) electrons. The lowest BCUT2D eigenvalue weighted by Crippen LogP contribution is -2.39. The Morgan fingerprint density at radius 1 is 1.00 bits per heavy atom. The van der Waals surface area contributed by atoms with Crippen LogP contribution in [0.1, 0.15) is 34.8 Å². The highest BCUT2D eigenvalue weighted by Gasteiger charge is 2.04. The molecular weight excluding hydrogens is 364 g/mol. The van der Waals surface area contributed by atoms with E-state index in [4.69, 9.17) is 4.74 Å². The Balaban J connectivity index is 1.75. The molecule has 0 atom stereocenters. The molecule has 156 valence electrons. The smallest absolute Gasteiger partial charge is 0.251 e. The largest absolute Gasteiger partial charge is 0.494 e. The maximum absolute atomic E-state index is 11.7. The summed E-state index contributed by atoms with van der Waals surface area (Å²) in [5, 5.41) is 9.31. The number of rotatable bonds is 10. The molecule has 0 aromatic heterocycles. The van der Waals surface area contributed by atoms with E-state index in [0.29, 0.717) is 5.56 Å². The van der Waals surface area contributed by atoms with E-state index in [1.54, 1.807) is 14.1 Å². The fourth-order valence-corrected chi connectivity index (χ4v) is 2.89. The van der Waals surface area contributed by atoms with E-state index in [2.05, 4.69) is 40.0 Å². The van der Waals surface area contributed by atoms with Crippen LogP contribution in [0.3, 0.4) is 0 Å². The van der Waals surface area contributed by atoms with E-state index >= 15 is 0 Å². The maximum atomic E-state index is 11.7. The van der Waals surface area contributed by atoms with Gasteiger partial charge in [-0.3, -0.25) is 9.79 Å². The third-order valence-electron chi connectivity index (χ3n) is 4.42. The van der Waals surface area contributed by atoms with Crippen molar-refractivity contribution in [1.82, 2.24) is 16.0 Å². The van der Waals surface area contributed by atoms with E-state index in [0.717, 1.165) is 56.2 Å². The lowest BCUT2D eigenvalue weighted by Gasteiger charge is -2.13. The monoisotopic (exact) mass is 396 g/mol. The minimum absolute atomic E-state index is 0.0681. The fourth-order valence-electron chi connectivity index (χ4n) is 2.89. The van der Waals surface area contributed by atoms with Crippen LogP contribution in [0.4, 0.5) is 0 Å². The Morgan fingerprint density at radius 3 is 2.28 bits per heavy atom. The second-order valence-electron chi connectivity index (χ2n) is 6.70. The fraction of sp³-hybridized carbons (Fsp3) is 0.391. The Labute approximate surface area is 173 Å². The Bertz CT molecular complexity index is 805. The zero-order valence-corrected chi connectivity index (χ0v) is 17.6. The van der Waals surface area contributed by atoms with Crippen LogP contribution in [-0.2, 0) is 12.8 Å². The number of amides is 1. The van der Waals surface area contributed by atoms with Crippen LogP contribution in [0.25, 0.3) is 0 Å². The summed E-state index contributed by atoms with van der Waals surface area (Å²) in [7, 11) is 3.40. The predicted molar refractivity (Wildman–Crippen MR) is 119 cm³/mol. The number of hydrogen-bond donors (Lipinski definition) is 3. The van der Waals surface area contributed by atoms with Crippen molar-refractivity contribution in [3.63, 3.8) is 0 Å². The minimum Gasteiger partial charge on any atom is -0.494 e. The first-order valence-corrected chi connectivity index (χ1v) is 10.1. The highest BCUT2D eigenvalue weighted by Crippen LogP contribution is 2.13. The third kappa shape index (κ3) is 7.86. The van der Waals surface area contributed by atoms with Gasteiger partial charge in [0.15, 0.2) is 5.96 Å². The summed E-state index contributed by atoms with van der Waals surface area (Å²) in [5.74, 6) is 1.62. The summed E-state index contributed by atoms with van der Waals surface area (Å²) >= 11 is 0. The quantitative estimate of drug-likeness (QED) is 0.426. The van der Waals surface area contributed by atoms with Crippen LogP contribution >= 0.6 is 0 Å². The number of nitrogens with one attached hydrogen (secondary N) is 3. The number of guanidine groups is 1. The molecule has 0 aliphatic heterocycles. The van der Waals surface area contributed by atoms with Gasteiger partial charge < -0.3 is 20.7 Å². The van der Waals surface area contributed by atoms with Gasteiger partial charge in [-0.25, -0.2) is 0 Å². The van der Waals surface area contributed by atoms with Crippen molar-refractivity contribution in [1.29, 1.82) is 0 Å². The summed E-state index contributed by atoms with van der Waals surface area (Å²) in [6.45, 7) is 4.36. The third-order valence-corrected chi connectivity index (χ3v) is 4.42. The Kier molecular flexibility index (Phi) is 9.55. The molecule has 0 unspecified atom stereocenters. The van der Waals surface area contributed by atoms with E-state index in [-0.39, 0.29) is 5.91 Å². The highest BCUT2D eigenvalue weighted by molar-refractivity contribution is 5.94. The van der Waals surface area contributed by atoms with E-state index in [9.17, 15) is 4.79 Å². The topological polar surface area (TPSA) is 74.8 Å². The van der Waals surface area contributed by atoms with Gasteiger partial charge in [0.1, 0.15) is 5.75 Å². The number of aliphatic imine (C=N–C) groups is 1. The number of benzene rings is 2. The molecule has 2 aromatic rings. The van der Waals surface area contributed by atoms with Gasteiger partial charge in [0.25, 0.3) is 5.91 Å². The van der Waals surface area contributed by atoms with Gasteiger partial charge in [-0.2, -0.15) is 0 Å². The number of nitrogens with zero attached hydrogens (tertiary/aromatic N) is 1. The summed E-state index contributed by atoms with van der Waals surface area (Å²) in [5.41, 5.74) is 3.02. The summed E-state index contributed by atoms with van der Waals surface area (Å²) in [6.07, 6.45) is 2.70. The second-order valence-corrected chi connectivity index (χ2v) is 6.70. The number of carbonyl (C=O) groups excluding carboxylic acids is 1. The molecule has 0 saturated carbocycles. The molecule has 3 N–H and O–H groups in total. The van der Waals surface area contributed by atoms with Crippen LogP contribution < -0.4 is 20.7 Å². The van der Waals surface area contributed by atoms with Crippen LogP contribution in [0.5, 0.6) is 5.75 Å². The maximum Gasteiger partial charge on any atom is 0.251 e. The van der Waals surface area contributed by atoms with Crippen LogP contribution in [0.15, 0.2) is 53.5 Å². The van der Waals surface area contributed by atoms with E-state index in [1.165, 1.54) is 5.56 Å². The lowest BCUT2D eigenvalue weighted by atomic mass is 10.1. The number of ether oxygens (including phenoxy) is 1. The molecule has 2 rings (SSSR count). The summed E-state index contributed by atoms with van der Waals surface area (Å²) in [6, 6.07) is 15.9. The molecule has 6 heteroatoms. The number of carbonyl (C=O) groups is 1. The second kappa shape index (κ2) is 12.4. The average Bonchev–Trinajstić information content (AvgIpc) is 2.76. The predicted octanol–water partition coefficient (Wildman–Crippen LogP) is 2.79. The first kappa shape index (κ1) is 22.3. The molecule has 0 heterocycles. The van der Waals surface area contributed by atoms with Crippen molar-refractivity contribution < 1.29 is 9.53 Å². The van der Waals surface area contributed by atoms with Crippen LogP contribution in [0, 0.1) is 0 Å². The summed E-state index contributed by atoms with van der Waals surface area (Å²) in [4.78, 5) is 16.0. The van der Waals surface area contributed by atoms with Crippen LogP contribution in [0.2, 0.25) is 0 Å². The molecule has 0 aliphatic carbocycles. The standard InChI is InChI=1S/C23H32N4O2/c1-4-15-29-21-10-6-8-19(17-21)12-14-27-23(25-3)26-13-11-18-7-5-9-20(16-18)22(28)24-2/h5-10,16-17H,4,11-15H2,1-3H3,(H,24,28)(H2,25,26,27). The van der Waals surface area contributed by atoms with Gasteiger partial charge in [0.2, 0.25) is 0 Å². The first-order valence-electron chi connectivity index (χ1n) is 10.1. The zero-order valence-electron chi connectivity index (χ0n) is 17.6. The van der Waals surface area contributed by atoms with Gasteiger partial charge >= 0.3 is 0 Å². The number of hydrogen-bond acceptors (Lipinski definition) is 3. The first-order chi connectivity index (χ1) is 14.2. The average molecular weight is 397 g/mol. The van der Waals surface area contributed by atoms with Gasteiger partial charge in [-0.1, -0.05) is 31.2 Å². The van der Waals surface area contributed by atoms with Crippen LogP contribution in [-0.4, -0.2) is 45.7 Å². The molecular formula is C23H32N4O2. The van der Waals surface area contributed by atoms with Crippen molar-refractivity contribution in [2.45, 2.75) is 26.2 Å². The van der Waals surface area contributed by atoms with Gasteiger partial charge in [0.05, 0.1) is 6.61 Å². The molecule has 0 fully saturated rings. The zero-order chi connectivity index (χ0) is 20.9. The van der Waals surface area contributed by atoms with Crippen molar-refractivity contribution in [3.8, 4) is 5.75 Å². The molecule has 2 aromatic carbocycles. The molecule has 6 nitrogen and oxygen atoms in total. The molecule has 0 saturated heterocycles. The normalized spacial score (nSPS) is 11.1. The van der Waals surface area contributed by atoms with Crippen molar-refractivity contribution >= 4 is 11.9 Å². The Hall–Kier alpha value is -3.02. The molecule has 0 aliphatic rings. The lowest BCUT2D eigenvalue weighted by molar-refractivity contribution is 0.0963. The van der Waals surface area contributed by atoms with Gasteiger partial charge in [-0.05, 0) is 54.7 Å². The molecule has 29 heavy (non-hydrogen) atoms. The van der Waals surface area contributed by atoms with E-state index < -0.39 is 0 Å². The van der Waals surface area contributed by atoms with Gasteiger partial charge in [-0.15, -0.1) is 0 Å². The van der Waals surface area contributed by atoms with Gasteiger partial charge in [0, 0.05) is 32.7 Å². The Morgan fingerprint density at radius 2 is 1.66 bits per heavy atom. The van der Waals surface area contributed by atoms with E-state index in [1.807, 2.05) is 36.4 Å². The molecule has 1 amide bonds. The highest BCUT2D eigenvalue weighted by atomic mass is 16.5. The minimum atomic E-state index is -0.0681. The molecule has 0 spiro atoms. The SMILES string of the molecule is CCCOc1cccc(CCNC(=NC)NCCc2cccc(C(=O)NC)c2)c1. The molecule has 0 bridgehead atoms. The van der Waals surface area contributed by atoms with Crippen molar-refractivity contribution in [2.24, 2.45) is 4.99 Å².